The van der Waals surface area contributed by atoms with E-state index in [9.17, 15) is 0 Å². The fourth-order valence-electron chi connectivity index (χ4n) is 1.88. The molecule has 90 valence electrons. The number of nitrogens with one attached hydrogen (secondary N) is 1. The molecule has 1 heterocycles. The highest BCUT2D eigenvalue weighted by molar-refractivity contribution is 5.31. The molecule has 0 spiro atoms. The van der Waals surface area contributed by atoms with Crippen LogP contribution in [0.25, 0.3) is 0 Å². The first kappa shape index (κ1) is 11.9. The molecular formula is C14H18N2O. The molecule has 0 aliphatic carbocycles. The first-order valence-electron chi connectivity index (χ1n) is 5.87. The predicted octanol–water partition coefficient (Wildman–Crippen LogP) is 2.75. The molecular weight excluding hydrogens is 212 g/mol. The average Bonchev–Trinajstić information content (AvgIpc) is 2.90. The Kier molecular flexibility index (Phi) is 3.94. The van der Waals surface area contributed by atoms with Crippen LogP contribution in [0.1, 0.15) is 29.5 Å². The number of methoxy groups -OCH3 is 1. The van der Waals surface area contributed by atoms with Gasteiger partial charge in [0.1, 0.15) is 0 Å². The van der Waals surface area contributed by atoms with Gasteiger partial charge in [0.2, 0.25) is 0 Å². The fourth-order valence-corrected chi connectivity index (χ4v) is 1.88. The third-order valence-corrected chi connectivity index (χ3v) is 3.09. The van der Waals surface area contributed by atoms with Gasteiger partial charge in [-0.05, 0) is 23.1 Å². The van der Waals surface area contributed by atoms with Gasteiger partial charge in [-0.3, -0.25) is 5.10 Å². The molecule has 0 bridgehead atoms. The molecule has 1 aromatic heterocycles. The Morgan fingerprint density at radius 1 is 1.24 bits per heavy atom. The number of aromatic amines is 1. The van der Waals surface area contributed by atoms with Crippen LogP contribution in [0.3, 0.4) is 0 Å². The normalized spacial score (nSPS) is 12.6. The molecule has 3 nitrogen and oxygen atoms in total. The summed E-state index contributed by atoms with van der Waals surface area (Å²) in [7, 11) is 1.73. The maximum absolute atomic E-state index is 5.07. The van der Waals surface area contributed by atoms with E-state index in [1.165, 1.54) is 16.7 Å². The van der Waals surface area contributed by atoms with Gasteiger partial charge < -0.3 is 4.74 Å². The predicted molar refractivity (Wildman–Crippen MR) is 68.1 cm³/mol. The van der Waals surface area contributed by atoms with Crippen LogP contribution >= 0.6 is 0 Å². The minimum absolute atomic E-state index is 0.380. The van der Waals surface area contributed by atoms with E-state index < -0.39 is 0 Å². The van der Waals surface area contributed by atoms with Crippen LogP contribution in [0.5, 0.6) is 0 Å². The lowest BCUT2D eigenvalue weighted by molar-refractivity contribution is 0.202. The van der Waals surface area contributed by atoms with Crippen molar-refractivity contribution in [3.63, 3.8) is 0 Å². The Bertz CT molecular complexity index is 434. The third kappa shape index (κ3) is 2.94. The maximum atomic E-state index is 5.07. The number of aromatic nitrogens is 2. The second kappa shape index (κ2) is 5.64. The van der Waals surface area contributed by atoms with Gasteiger partial charge in [-0.25, -0.2) is 0 Å². The summed E-state index contributed by atoms with van der Waals surface area (Å²) in [5, 5.41) is 6.84. The van der Waals surface area contributed by atoms with Crippen molar-refractivity contribution in [2.75, 3.05) is 13.7 Å². The van der Waals surface area contributed by atoms with E-state index in [-0.39, 0.29) is 0 Å². The van der Waals surface area contributed by atoms with Gasteiger partial charge in [-0.15, -0.1) is 0 Å². The Morgan fingerprint density at radius 3 is 2.59 bits per heavy atom. The highest BCUT2D eigenvalue weighted by atomic mass is 16.5. The number of rotatable bonds is 5. The molecule has 2 rings (SSSR count). The van der Waals surface area contributed by atoms with Crippen LogP contribution in [-0.4, -0.2) is 23.9 Å². The van der Waals surface area contributed by atoms with E-state index in [1.54, 1.807) is 7.11 Å². The molecule has 0 radical (unpaired) electrons. The lowest BCUT2D eigenvalue weighted by atomic mass is 9.94. The molecule has 0 fully saturated rings. The van der Waals surface area contributed by atoms with Crippen molar-refractivity contribution in [3.05, 3.63) is 53.3 Å². The highest BCUT2D eigenvalue weighted by Gasteiger charge is 2.08. The zero-order valence-electron chi connectivity index (χ0n) is 10.3. The Morgan fingerprint density at radius 2 is 2.00 bits per heavy atom. The quantitative estimate of drug-likeness (QED) is 0.857. The molecule has 2 aromatic rings. The lowest BCUT2D eigenvalue weighted by Crippen LogP contribution is -1.97. The van der Waals surface area contributed by atoms with Gasteiger partial charge in [0.25, 0.3) is 0 Å². The van der Waals surface area contributed by atoms with Crippen molar-refractivity contribution in [2.45, 2.75) is 19.3 Å². The van der Waals surface area contributed by atoms with Gasteiger partial charge >= 0.3 is 0 Å². The zero-order valence-corrected chi connectivity index (χ0v) is 10.3. The molecule has 3 heteroatoms. The first-order valence-corrected chi connectivity index (χ1v) is 5.87. The van der Waals surface area contributed by atoms with Crippen molar-refractivity contribution < 1.29 is 4.74 Å². The number of ether oxygens (including phenoxy) is 1. The molecule has 0 amide bonds. The standard InChI is InChI=1S/C14H18N2O/c1-11(14-9-15-16-10-14)13-5-3-12(4-6-13)7-8-17-2/h3-6,9-11H,7-8H2,1-2H3,(H,15,16). The van der Waals surface area contributed by atoms with Gasteiger partial charge in [-0.2, -0.15) is 5.10 Å². The van der Waals surface area contributed by atoms with Crippen molar-refractivity contribution in [1.29, 1.82) is 0 Å². The smallest absolute Gasteiger partial charge is 0.0525 e. The summed E-state index contributed by atoms with van der Waals surface area (Å²) < 4.78 is 5.07. The second-order valence-electron chi connectivity index (χ2n) is 4.24. The number of hydrogen-bond acceptors (Lipinski definition) is 2. The number of H-pyrrole nitrogens is 1. The van der Waals surface area contributed by atoms with E-state index in [0.717, 1.165) is 13.0 Å². The number of nitrogens with zero attached hydrogens (tertiary/aromatic N) is 1. The highest BCUT2D eigenvalue weighted by Crippen LogP contribution is 2.23. The van der Waals surface area contributed by atoms with Crippen molar-refractivity contribution in [2.24, 2.45) is 0 Å². The minimum atomic E-state index is 0.380. The van der Waals surface area contributed by atoms with Crippen LogP contribution in [0.4, 0.5) is 0 Å². The number of hydrogen-bond donors (Lipinski definition) is 1. The van der Waals surface area contributed by atoms with Crippen LogP contribution < -0.4 is 0 Å². The maximum Gasteiger partial charge on any atom is 0.0525 e. The van der Waals surface area contributed by atoms with E-state index >= 15 is 0 Å². The second-order valence-corrected chi connectivity index (χ2v) is 4.24. The van der Waals surface area contributed by atoms with Crippen LogP contribution in [0.15, 0.2) is 36.7 Å². The summed E-state index contributed by atoms with van der Waals surface area (Å²) in [4.78, 5) is 0. The summed E-state index contributed by atoms with van der Waals surface area (Å²) in [6.45, 7) is 2.96. The summed E-state index contributed by atoms with van der Waals surface area (Å²) in [5.41, 5.74) is 3.84. The molecule has 0 saturated heterocycles. The SMILES string of the molecule is COCCc1ccc(C(C)c2cn[nH]c2)cc1. The topological polar surface area (TPSA) is 37.9 Å². The average molecular weight is 230 g/mol. The lowest BCUT2D eigenvalue weighted by Gasteiger charge is -2.10. The summed E-state index contributed by atoms with van der Waals surface area (Å²) in [6.07, 6.45) is 4.80. The molecule has 17 heavy (non-hydrogen) atoms. The van der Waals surface area contributed by atoms with Gasteiger partial charge in [0, 0.05) is 19.2 Å². The number of benzene rings is 1. The largest absolute Gasteiger partial charge is 0.384 e. The van der Waals surface area contributed by atoms with Crippen LogP contribution in [-0.2, 0) is 11.2 Å². The van der Waals surface area contributed by atoms with E-state index in [1.807, 2.05) is 12.4 Å². The zero-order chi connectivity index (χ0) is 12.1. The van der Waals surface area contributed by atoms with E-state index in [0.29, 0.717) is 5.92 Å². The van der Waals surface area contributed by atoms with E-state index in [2.05, 4.69) is 41.4 Å². The molecule has 0 aliphatic rings. The summed E-state index contributed by atoms with van der Waals surface area (Å²) >= 11 is 0. The molecule has 1 N–H and O–H groups in total. The molecule has 1 aromatic carbocycles. The first-order chi connectivity index (χ1) is 8.31. The Labute approximate surface area is 102 Å². The monoisotopic (exact) mass is 230 g/mol. The Balaban J connectivity index is 2.07. The summed E-state index contributed by atoms with van der Waals surface area (Å²) in [5.74, 6) is 0.380. The van der Waals surface area contributed by atoms with Gasteiger partial charge in [0.05, 0.1) is 12.8 Å². The van der Waals surface area contributed by atoms with Crippen molar-refractivity contribution in [3.8, 4) is 0 Å². The molecule has 1 atom stereocenters. The van der Waals surface area contributed by atoms with Crippen LogP contribution in [0, 0.1) is 0 Å². The summed E-state index contributed by atoms with van der Waals surface area (Å²) in [6, 6.07) is 8.71. The van der Waals surface area contributed by atoms with Crippen molar-refractivity contribution >= 4 is 0 Å². The molecule has 0 aliphatic heterocycles. The minimum Gasteiger partial charge on any atom is -0.384 e. The molecule has 0 saturated carbocycles. The Hall–Kier alpha value is -1.61. The fraction of sp³-hybridized carbons (Fsp3) is 0.357. The van der Waals surface area contributed by atoms with E-state index in [4.69, 9.17) is 4.74 Å². The van der Waals surface area contributed by atoms with Gasteiger partial charge in [-0.1, -0.05) is 31.2 Å². The van der Waals surface area contributed by atoms with Crippen LogP contribution in [0.2, 0.25) is 0 Å². The van der Waals surface area contributed by atoms with Crippen molar-refractivity contribution in [1.82, 2.24) is 10.2 Å². The third-order valence-electron chi connectivity index (χ3n) is 3.09. The molecule has 1 unspecified atom stereocenters. The van der Waals surface area contributed by atoms with Gasteiger partial charge in [0.15, 0.2) is 0 Å².